The lowest BCUT2D eigenvalue weighted by Crippen LogP contribution is -2.43. The minimum Gasteiger partial charge on any atom is -0.493 e. The minimum absolute atomic E-state index is 0.0619. The van der Waals surface area contributed by atoms with Gasteiger partial charge in [0.1, 0.15) is 11.9 Å². The van der Waals surface area contributed by atoms with Crippen molar-refractivity contribution in [1.29, 1.82) is 0 Å². The molecule has 1 aromatic carbocycles. The second-order valence-electron chi connectivity index (χ2n) is 4.35. The second kappa shape index (κ2) is 4.47. The molecule has 0 aliphatic carbocycles. The molecule has 1 fully saturated rings. The molecule has 0 bridgehead atoms. The Balaban J connectivity index is 1.81. The Morgan fingerprint density at radius 3 is 3.12 bits per heavy atom. The SMILES string of the molecule is O=C(c1ccc2c(c1)CCO2)C1CNCCO1. The quantitative estimate of drug-likeness (QED) is 0.767. The maximum atomic E-state index is 12.2. The smallest absolute Gasteiger partial charge is 0.192 e. The number of Topliss-reactive ketones (excluding diaryl/α,β-unsaturated/α-hetero) is 1. The number of rotatable bonds is 2. The highest BCUT2D eigenvalue weighted by atomic mass is 16.5. The fraction of sp³-hybridized carbons (Fsp3) is 0.462. The number of hydrogen-bond acceptors (Lipinski definition) is 4. The molecule has 2 aliphatic heterocycles. The minimum atomic E-state index is -0.343. The van der Waals surface area contributed by atoms with Crippen LogP contribution in [0.25, 0.3) is 0 Å². The van der Waals surface area contributed by atoms with Gasteiger partial charge in [0, 0.05) is 25.1 Å². The Bertz CT molecular complexity index is 438. The summed E-state index contributed by atoms with van der Waals surface area (Å²) in [5.41, 5.74) is 1.85. The van der Waals surface area contributed by atoms with Crippen LogP contribution in [-0.4, -0.2) is 38.2 Å². The van der Waals surface area contributed by atoms with Crippen LogP contribution in [0.15, 0.2) is 18.2 Å². The molecule has 3 rings (SSSR count). The zero-order valence-electron chi connectivity index (χ0n) is 9.57. The van der Waals surface area contributed by atoms with Gasteiger partial charge < -0.3 is 14.8 Å². The molecule has 0 amide bonds. The molecule has 1 unspecified atom stereocenters. The van der Waals surface area contributed by atoms with E-state index in [-0.39, 0.29) is 11.9 Å². The van der Waals surface area contributed by atoms with Crippen molar-refractivity contribution in [2.24, 2.45) is 0 Å². The van der Waals surface area contributed by atoms with Gasteiger partial charge in [0.2, 0.25) is 0 Å². The van der Waals surface area contributed by atoms with Crippen LogP contribution in [0.2, 0.25) is 0 Å². The van der Waals surface area contributed by atoms with Crippen molar-refractivity contribution in [3.8, 4) is 5.75 Å². The summed E-state index contributed by atoms with van der Waals surface area (Å²) >= 11 is 0. The third-order valence-electron chi connectivity index (χ3n) is 3.19. The van der Waals surface area contributed by atoms with Crippen molar-refractivity contribution < 1.29 is 14.3 Å². The number of morpholine rings is 1. The highest BCUT2D eigenvalue weighted by molar-refractivity contribution is 6.00. The zero-order valence-corrected chi connectivity index (χ0v) is 9.57. The number of carbonyl (C=O) groups excluding carboxylic acids is 1. The van der Waals surface area contributed by atoms with E-state index in [0.29, 0.717) is 19.8 Å². The Hall–Kier alpha value is -1.39. The largest absolute Gasteiger partial charge is 0.493 e. The standard InChI is InChI=1S/C13H15NO3/c15-13(12-8-14-4-6-17-12)10-1-2-11-9(7-10)3-5-16-11/h1-2,7,12,14H,3-6,8H2. The molecule has 4 nitrogen and oxygen atoms in total. The Labute approximate surface area is 99.9 Å². The summed E-state index contributed by atoms with van der Waals surface area (Å²) in [4.78, 5) is 12.2. The molecule has 0 spiro atoms. The zero-order chi connectivity index (χ0) is 11.7. The molecule has 0 radical (unpaired) electrons. The summed E-state index contributed by atoms with van der Waals surface area (Å²) in [5.74, 6) is 0.969. The van der Waals surface area contributed by atoms with Crippen LogP contribution in [-0.2, 0) is 11.2 Å². The third kappa shape index (κ3) is 2.06. The van der Waals surface area contributed by atoms with Gasteiger partial charge in [-0.1, -0.05) is 0 Å². The number of hydrogen-bond donors (Lipinski definition) is 1. The van der Waals surface area contributed by atoms with Gasteiger partial charge in [0.15, 0.2) is 5.78 Å². The van der Waals surface area contributed by atoms with Gasteiger partial charge in [-0.25, -0.2) is 0 Å². The molecule has 1 aromatic rings. The summed E-state index contributed by atoms with van der Waals surface area (Å²) in [7, 11) is 0. The van der Waals surface area contributed by atoms with E-state index in [0.717, 1.165) is 29.8 Å². The topological polar surface area (TPSA) is 47.6 Å². The van der Waals surface area contributed by atoms with Crippen molar-refractivity contribution in [2.45, 2.75) is 12.5 Å². The third-order valence-corrected chi connectivity index (χ3v) is 3.19. The number of ether oxygens (including phenoxy) is 2. The molecule has 1 atom stereocenters. The summed E-state index contributed by atoms with van der Waals surface area (Å²) in [6.07, 6.45) is 0.546. The van der Waals surface area contributed by atoms with Gasteiger partial charge in [-0.3, -0.25) is 4.79 Å². The molecule has 1 N–H and O–H groups in total. The highest BCUT2D eigenvalue weighted by Gasteiger charge is 2.24. The van der Waals surface area contributed by atoms with E-state index in [1.165, 1.54) is 0 Å². The molecule has 0 saturated carbocycles. The fourth-order valence-corrected chi connectivity index (χ4v) is 2.26. The molecule has 1 saturated heterocycles. The van der Waals surface area contributed by atoms with Crippen LogP contribution in [0.3, 0.4) is 0 Å². The number of nitrogens with one attached hydrogen (secondary N) is 1. The van der Waals surface area contributed by atoms with E-state index in [2.05, 4.69) is 5.32 Å². The lowest BCUT2D eigenvalue weighted by molar-refractivity contribution is 0.0269. The van der Waals surface area contributed by atoms with Gasteiger partial charge in [0.05, 0.1) is 13.2 Å². The van der Waals surface area contributed by atoms with Crippen LogP contribution < -0.4 is 10.1 Å². The summed E-state index contributed by atoms with van der Waals surface area (Å²) in [6, 6.07) is 5.64. The van der Waals surface area contributed by atoms with Crippen molar-refractivity contribution in [2.75, 3.05) is 26.3 Å². The summed E-state index contributed by atoms with van der Waals surface area (Å²) < 4.78 is 10.9. The van der Waals surface area contributed by atoms with E-state index in [9.17, 15) is 4.79 Å². The summed E-state index contributed by atoms with van der Waals surface area (Å²) in [5, 5.41) is 3.17. The van der Waals surface area contributed by atoms with Gasteiger partial charge in [-0.15, -0.1) is 0 Å². The van der Waals surface area contributed by atoms with Gasteiger partial charge in [0.25, 0.3) is 0 Å². The predicted octanol–water partition coefficient (Wildman–Crippen LogP) is 0.793. The molecular weight excluding hydrogens is 218 g/mol. The lowest BCUT2D eigenvalue weighted by Gasteiger charge is -2.22. The molecule has 4 heteroatoms. The van der Waals surface area contributed by atoms with E-state index in [1.807, 2.05) is 18.2 Å². The van der Waals surface area contributed by atoms with Crippen LogP contribution in [0, 0.1) is 0 Å². The van der Waals surface area contributed by atoms with Crippen LogP contribution in [0.4, 0.5) is 0 Å². The Morgan fingerprint density at radius 1 is 1.35 bits per heavy atom. The number of ketones is 1. The molecule has 2 aliphatic rings. The summed E-state index contributed by atoms with van der Waals surface area (Å²) in [6.45, 7) is 2.74. The molecule has 2 heterocycles. The Kier molecular flexibility index (Phi) is 2.82. The van der Waals surface area contributed by atoms with Gasteiger partial charge in [-0.05, 0) is 23.8 Å². The number of benzene rings is 1. The maximum Gasteiger partial charge on any atom is 0.192 e. The lowest BCUT2D eigenvalue weighted by atomic mass is 10.0. The first-order valence-corrected chi connectivity index (χ1v) is 5.97. The monoisotopic (exact) mass is 233 g/mol. The first-order chi connectivity index (χ1) is 8.34. The van der Waals surface area contributed by atoms with Crippen LogP contribution >= 0.6 is 0 Å². The van der Waals surface area contributed by atoms with Gasteiger partial charge in [-0.2, -0.15) is 0 Å². The van der Waals surface area contributed by atoms with E-state index in [1.54, 1.807) is 0 Å². The van der Waals surface area contributed by atoms with Crippen LogP contribution in [0.1, 0.15) is 15.9 Å². The molecule has 90 valence electrons. The normalized spacial score (nSPS) is 22.9. The average Bonchev–Trinajstić information content (AvgIpc) is 2.86. The van der Waals surface area contributed by atoms with Crippen LogP contribution in [0.5, 0.6) is 5.75 Å². The Morgan fingerprint density at radius 2 is 2.29 bits per heavy atom. The van der Waals surface area contributed by atoms with E-state index in [4.69, 9.17) is 9.47 Å². The maximum absolute atomic E-state index is 12.2. The first-order valence-electron chi connectivity index (χ1n) is 5.97. The molecule has 0 aromatic heterocycles. The number of fused-ring (bicyclic) bond motifs is 1. The van der Waals surface area contributed by atoms with Gasteiger partial charge >= 0.3 is 0 Å². The fourth-order valence-electron chi connectivity index (χ4n) is 2.26. The van der Waals surface area contributed by atoms with Crippen molar-refractivity contribution in [1.82, 2.24) is 5.32 Å². The van der Waals surface area contributed by atoms with E-state index < -0.39 is 0 Å². The van der Waals surface area contributed by atoms with Crippen molar-refractivity contribution in [3.63, 3.8) is 0 Å². The highest BCUT2D eigenvalue weighted by Crippen LogP contribution is 2.26. The molecular formula is C13H15NO3. The van der Waals surface area contributed by atoms with Crippen molar-refractivity contribution in [3.05, 3.63) is 29.3 Å². The molecule has 17 heavy (non-hydrogen) atoms. The predicted molar refractivity (Wildman–Crippen MR) is 62.6 cm³/mol. The van der Waals surface area contributed by atoms with Crippen molar-refractivity contribution >= 4 is 5.78 Å². The number of carbonyl (C=O) groups is 1. The second-order valence-corrected chi connectivity index (χ2v) is 4.35. The average molecular weight is 233 g/mol. The first kappa shape index (κ1) is 10.7. The van der Waals surface area contributed by atoms with E-state index >= 15 is 0 Å².